The van der Waals surface area contributed by atoms with Crippen molar-refractivity contribution in [2.45, 2.75) is 0 Å². The summed E-state index contributed by atoms with van der Waals surface area (Å²) in [6, 6.07) is 0. The van der Waals surface area contributed by atoms with Crippen LogP contribution in [0.1, 0.15) is 0 Å². The van der Waals surface area contributed by atoms with Gasteiger partial charge in [-0.25, -0.2) is 4.79 Å². The van der Waals surface area contributed by atoms with Gasteiger partial charge in [-0.05, 0) is 6.58 Å². The monoisotopic (exact) mass is 87.0 g/mol. The van der Waals surface area contributed by atoms with Crippen LogP contribution in [0, 0.1) is 6.58 Å². The van der Waals surface area contributed by atoms with Gasteiger partial charge in [0.1, 0.15) is 0 Å². The summed E-state index contributed by atoms with van der Waals surface area (Å²) in [7, 11) is 0. The minimum atomic E-state index is -1.49. The second-order valence-corrected chi connectivity index (χ2v) is 0.690. The van der Waals surface area contributed by atoms with Gasteiger partial charge in [-0.15, -0.1) is 0 Å². The van der Waals surface area contributed by atoms with E-state index < -0.39 is 11.7 Å². The fraction of sp³-hybridized carbons (Fsp3) is 0. The lowest BCUT2D eigenvalue weighted by Gasteiger charge is -1.79. The van der Waals surface area contributed by atoms with Crippen molar-refractivity contribution in [2.24, 2.45) is 0 Å². The Hall–Kier alpha value is -0.990. The van der Waals surface area contributed by atoms with Crippen LogP contribution in [0.3, 0.4) is 0 Å². The Labute approximate surface area is 34.5 Å². The van der Waals surface area contributed by atoms with Crippen LogP contribution in [0.2, 0.25) is 0 Å². The van der Waals surface area contributed by atoms with Crippen LogP contribution in [0.4, 0.5) is 0 Å². The predicted molar refractivity (Wildman–Crippen MR) is 18.1 cm³/mol. The highest BCUT2D eigenvalue weighted by Crippen LogP contribution is 1.74. The van der Waals surface area contributed by atoms with E-state index in [0.717, 1.165) is 0 Å². The molecule has 0 aliphatic carbocycles. The highest BCUT2D eigenvalue weighted by Gasteiger charge is 1.94. The van der Waals surface area contributed by atoms with Crippen LogP contribution in [0.25, 0.3) is 0 Å². The zero-order valence-corrected chi connectivity index (χ0v) is 2.88. The summed E-state index contributed by atoms with van der Waals surface area (Å²) in [5.74, 6) is -2.56. The van der Waals surface area contributed by atoms with Crippen molar-refractivity contribution in [3.05, 3.63) is 12.3 Å². The second kappa shape index (κ2) is 1.45. The number of carbonyl (C=O) groups is 1. The Morgan fingerprint density at radius 2 is 1.67 bits per heavy atom. The van der Waals surface area contributed by atoms with Crippen molar-refractivity contribution in [1.82, 2.24) is 0 Å². The summed E-state index contributed by atoms with van der Waals surface area (Å²) in [5, 5.41) is 15.3. The summed E-state index contributed by atoms with van der Waals surface area (Å²) >= 11 is 0. The van der Waals surface area contributed by atoms with Crippen molar-refractivity contribution in [3.8, 4) is 0 Å². The molecule has 6 heavy (non-hydrogen) atoms. The van der Waals surface area contributed by atoms with Crippen LogP contribution in [-0.2, 0) is 4.79 Å². The largest absolute Gasteiger partial charge is 0.502 e. The van der Waals surface area contributed by atoms with Gasteiger partial charge < -0.3 is 10.2 Å². The Balaban J connectivity index is 3.57. The van der Waals surface area contributed by atoms with Gasteiger partial charge in [0.05, 0.1) is 0 Å². The van der Waals surface area contributed by atoms with Crippen molar-refractivity contribution in [2.75, 3.05) is 0 Å². The van der Waals surface area contributed by atoms with Crippen LogP contribution >= 0.6 is 0 Å². The van der Waals surface area contributed by atoms with Crippen molar-refractivity contribution < 1.29 is 15.0 Å². The smallest absolute Gasteiger partial charge is 0.370 e. The lowest BCUT2D eigenvalue weighted by Crippen LogP contribution is -1.95. The van der Waals surface area contributed by atoms with E-state index in [2.05, 4.69) is 6.58 Å². The average molecular weight is 87.1 g/mol. The van der Waals surface area contributed by atoms with Gasteiger partial charge in [0, 0.05) is 0 Å². The van der Waals surface area contributed by atoms with Gasteiger partial charge in [-0.2, -0.15) is 0 Å². The number of carboxylic acid groups (broad SMARTS) is 1. The van der Waals surface area contributed by atoms with Crippen molar-refractivity contribution in [3.63, 3.8) is 0 Å². The van der Waals surface area contributed by atoms with E-state index in [0.29, 0.717) is 0 Å². The van der Waals surface area contributed by atoms with Gasteiger partial charge in [0.2, 0.25) is 5.76 Å². The Morgan fingerprint density at radius 3 is 1.67 bits per heavy atom. The first-order valence-electron chi connectivity index (χ1n) is 1.19. The van der Waals surface area contributed by atoms with Crippen molar-refractivity contribution >= 4 is 5.97 Å². The molecule has 0 saturated carbocycles. The molecule has 0 amide bonds. The zero-order valence-electron chi connectivity index (χ0n) is 2.88. The molecule has 33 valence electrons. The molecule has 0 aliphatic heterocycles. The summed E-state index contributed by atoms with van der Waals surface area (Å²) in [6.07, 6.45) is 0. The summed E-state index contributed by atoms with van der Waals surface area (Å²) < 4.78 is 0. The normalized spacial score (nSPS) is 7.33. The van der Waals surface area contributed by atoms with E-state index in [1.807, 2.05) is 0 Å². The van der Waals surface area contributed by atoms with E-state index in [4.69, 9.17) is 10.2 Å². The number of aliphatic hydroxyl groups excluding tert-OH is 1. The van der Waals surface area contributed by atoms with Gasteiger partial charge in [0.25, 0.3) is 0 Å². The van der Waals surface area contributed by atoms with E-state index in [9.17, 15) is 4.79 Å². The zero-order chi connectivity index (χ0) is 5.15. The first-order chi connectivity index (χ1) is 2.64. The molecule has 0 fully saturated rings. The predicted octanol–water partition coefficient (Wildman–Crippen LogP) is -0.0541. The third-order valence-electron chi connectivity index (χ3n) is 0.219. The average Bonchev–Trinajstić information content (AvgIpc) is 1.36. The molecule has 0 atom stereocenters. The van der Waals surface area contributed by atoms with Crippen LogP contribution in [0.15, 0.2) is 5.76 Å². The number of hydrogen-bond acceptors (Lipinski definition) is 2. The highest BCUT2D eigenvalue weighted by atomic mass is 16.4. The quantitative estimate of drug-likeness (QED) is 0.348. The molecular weight excluding hydrogens is 84.0 g/mol. The lowest BCUT2D eigenvalue weighted by molar-refractivity contribution is -0.135. The topological polar surface area (TPSA) is 57.5 Å². The van der Waals surface area contributed by atoms with E-state index >= 15 is 0 Å². The molecule has 0 aromatic heterocycles. The molecule has 0 unspecified atom stereocenters. The third-order valence-corrected chi connectivity index (χ3v) is 0.219. The number of aliphatic hydroxyl groups is 1. The molecule has 0 aromatic rings. The van der Waals surface area contributed by atoms with Crippen molar-refractivity contribution in [1.29, 1.82) is 0 Å². The summed E-state index contributed by atoms with van der Waals surface area (Å²) in [5.41, 5.74) is 0. The van der Waals surface area contributed by atoms with E-state index in [1.165, 1.54) is 0 Å². The number of aliphatic carboxylic acids is 1. The number of hydrogen-bond donors (Lipinski definition) is 2. The molecular formula is C3H3O3. The molecule has 0 bridgehead atoms. The Bertz CT molecular complexity index is 72.0. The SMILES string of the molecule is [CH]=C(O)C(=O)O. The lowest BCUT2D eigenvalue weighted by atomic mass is 10.6. The molecule has 0 heterocycles. The molecule has 0 aliphatic rings. The first kappa shape index (κ1) is 5.01. The first-order valence-corrected chi connectivity index (χ1v) is 1.19. The maximum Gasteiger partial charge on any atom is 0.370 e. The van der Waals surface area contributed by atoms with Gasteiger partial charge >= 0.3 is 5.97 Å². The maximum atomic E-state index is 9.29. The Morgan fingerprint density at radius 1 is 1.50 bits per heavy atom. The molecule has 0 rings (SSSR count). The summed E-state index contributed by atoms with van der Waals surface area (Å²) in [6.45, 7) is 4.31. The molecule has 0 spiro atoms. The standard InChI is InChI=1S/C3H3O3/c1-2(4)3(5)6/h1,4H,(H,5,6). The van der Waals surface area contributed by atoms with Gasteiger partial charge in [-0.1, -0.05) is 0 Å². The maximum absolute atomic E-state index is 9.29. The minimum Gasteiger partial charge on any atom is -0.502 e. The van der Waals surface area contributed by atoms with E-state index in [1.54, 1.807) is 0 Å². The molecule has 0 aromatic carbocycles. The van der Waals surface area contributed by atoms with Gasteiger partial charge in [-0.3, -0.25) is 0 Å². The molecule has 1 radical (unpaired) electrons. The van der Waals surface area contributed by atoms with Crippen LogP contribution in [-0.4, -0.2) is 16.2 Å². The van der Waals surface area contributed by atoms with Gasteiger partial charge in [0.15, 0.2) is 0 Å². The highest BCUT2D eigenvalue weighted by molar-refractivity contribution is 5.82. The van der Waals surface area contributed by atoms with E-state index in [-0.39, 0.29) is 0 Å². The third kappa shape index (κ3) is 1.34. The van der Waals surface area contributed by atoms with Crippen LogP contribution < -0.4 is 0 Å². The Kier molecular flexibility index (Phi) is 1.21. The molecule has 3 heteroatoms. The number of rotatable bonds is 1. The molecule has 3 nitrogen and oxygen atoms in total. The minimum absolute atomic E-state index is 1.07. The fourth-order valence-electron chi connectivity index (χ4n) is 0. The molecule has 2 N–H and O–H groups in total. The summed E-state index contributed by atoms with van der Waals surface area (Å²) in [4.78, 5) is 9.29. The fourth-order valence-corrected chi connectivity index (χ4v) is 0. The molecule has 0 saturated heterocycles. The van der Waals surface area contributed by atoms with Crippen LogP contribution in [0.5, 0.6) is 0 Å². The second-order valence-electron chi connectivity index (χ2n) is 0.690. The number of carboxylic acids is 1.